The summed E-state index contributed by atoms with van der Waals surface area (Å²) < 4.78 is 5.23. The highest BCUT2D eigenvalue weighted by molar-refractivity contribution is 5.73. The van der Waals surface area contributed by atoms with E-state index in [0.29, 0.717) is 19.1 Å². The summed E-state index contributed by atoms with van der Waals surface area (Å²) in [5.41, 5.74) is 0. The van der Waals surface area contributed by atoms with Gasteiger partial charge < -0.3 is 4.74 Å². The molecule has 88 valence electrons. The number of hydrogen-bond donors (Lipinski definition) is 1. The first-order valence-corrected chi connectivity index (χ1v) is 5.85. The van der Waals surface area contributed by atoms with Crippen molar-refractivity contribution in [1.82, 2.24) is 5.01 Å². The number of carbonyl (C=O) groups is 1. The van der Waals surface area contributed by atoms with Crippen molar-refractivity contribution >= 4 is 5.97 Å². The summed E-state index contributed by atoms with van der Waals surface area (Å²) in [7, 11) is 0. The Hall–Kier alpha value is -0.610. The minimum atomic E-state index is -0.0664. The van der Waals surface area contributed by atoms with Gasteiger partial charge in [0.2, 0.25) is 0 Å². The molecule has 0 bridgehead atoms. The van der Waals surface area contributed by atoms with Crippen molar-refractivity contribution in [3.63, 3.8) is 0 Å². The fourth-order valence-electron chi connectivity index (χ4n) is 2.01. The van der Waals surface area contributed by atoms with Gasteiger partial charge in [0.15, 0.2) is 0 Å². The lowest BCUT2D eigenvalue weighted by molar-refractivity contribution is -0.149. The predicted octanol–water partition coefficient (Wildman–Crippen LogP) is 1.16. The molecular weight excluding hydrogens is 192 g/mol. The van der Waals surface area contributed by atoms with Crippen LogP contribution in [0, 0.1) is 11.8 Å². The van der Waals surface area contributed by atoms with E-state index in [2.05, 4.69) is 13.8 Å². The fraction of sp³-hybridized carbons (Fsp3) is 0.909. The van der Waals surface area contributed by atoms with Crippen LogP contribution in [0.2, 0.25) is 0 Å². The van der Waals surface area contributed by atoms with Gasteiger partial charge in [0.1, 0.15) is 0 Å². The van der Waals surface area contributed by atoms with Crippen molar-refractivity contribution in [2.24, 2.45) is 17.7 Å². The van der Waals surface area contributed by atoms with Gasteiger partial charge in [-0.2, -0.15) is 0 Å². The first-order chi connectivity index (χ1) is 7.19. The summed E-state index contributed by atoms with van der Waals surface area (Å²) in [6.07, 6.45) is 2.99. The molecule has 0 amide bonds. The van der Waals surface area contributed by atoms with Crippen molar-refractivity contribution in [2.75, 3.05) is 19.7 Å². The van der Waals surface area contributed by atoms with Gasteiger partial charge in [0, 0.05) is 13.1 Å². The number of nitrogens with two attached hydrogens (primary N) is 1. The van der Waals surface area contributed by atoms with Crippen LogP contribution in [0.3, 0.4) is 0 Å². The molecule has 15 heavy (non-hydrogen) atoms. The van der Waals surface area contributed by atoms with Gasteiger partial charge in [-0.25, -0.2) is 5.01 Å². The zero-order valence-electron chi connectivity index (χ0n) is 9.74. The number of esters is 1. The Labute approximate surface area is 91.7 Å². The highest BCUT2D eigenvalue weighted by atomic mass is 16.5. The zero-order chi connectivity index (χ0) is 11.3. The van der Waals surface area contributed by atoms with E-state index < -0.39 is 0 Å². The summed E-state index contributed by atoms with van der Waals surface area (Å²) in [4.78, 5) is 11.7. The van der Waals surface area contributed by atoms with Crippen LogP contribution in [0.15, 0.2) is 0 Å². The van der Waals surface area contributed by atoms with Crippen LogP contribution < -0.4 is 5.84 Å². The molecule has 1 aliphatic rings. The second kappa shape index (κ2) is 6.08. The Kier molecular flexibility index (Phi) is 5.05. The number of hydrogen-bond acceptors (Lipinski definition) is 4. The third kappa shape index (κ3) is 3.47. The Morgan fingerprint density at radius 3 is 2.80 bits per heavy atom. The van der Waals surface area contributed by atoms with Gasteiger partial charge in [-0.1, -0.05) is 26.7 Å². The number of hydrazine groups is 1. The van der Waals surface area contributed by atoms with E-state index in [4.69, 9.17) is 10.6 Å². The predicted molar refractivity (Wildman–Crippen MR) is 58.9 cm³/mol. The van der Waals surface area contributed by atoms with Crippen molar-refractivity contribution in [3.8, 4) is 0 Å². The molecule has 0 aromatic rings. The maximum Gasteiger partial charge on any atom is 0.310 e. The standard InChI is InChI=1S/C11H22N2O2/c1-3-5-6-15-11(14)10-8-13(12)7-9(10)4-2/h9-10H,3-8,12H2,1-2H3. The van der Waals surface area contributed by atoms with Gasteiger partial charge in [-0.15, -0.1) is 0 Å². The van der Waals surface area contributed by atoms with Crippen molar-refractivity contribution in [1.29, 1.82) is 0 Å². The molecule has 1 aliphatic heterocycles. The molecular formula is C11H22N2O2. The lowest BCUT2D eigenvalue weighted by Crippen LogP contribution is -2.30. The van der Waals surface area contributed by atoms with E-state index in [-0.39, 0.29) is 11.9 Å². The van der Waals surface area contributed by atoms with Crippen LogP contribution in [-0.2, 0) is 9.53 Å². The molecule has 4 nitrogen and oxygen atoms in total. The first-order valence-electron chi connectivity index (χ1n) is 5.85. The number of nitrogens with zero attached hydrogens (tertiary/aromatic N) is 1. The SMILES string of the molecule is CCCCOC(=O)C1CN(N)CC1CC. The molecule has 1 rings (SSSR count). The third-order valence-electron chi connectivity index (χ3n) is 3.04. The molecule has 1 heterocycles. The lowest BCUT2D eigenvalue weighted by Gasteiger charge is -2.15. The average molecular weight is 214 g/mol. The van der Waals surface area contributed by atoms with E-state index in [1.165, 1.54) is 0 Å². The van der Waals surface area contributed by atoms with Crippen molar-refractivity contribution in [2.45, 2.75) is 33.1 Å². The first kappa shape index (κ1) is 12.5. The Bertz CT molecular complexity index is 209. The molecule has 0 saturated carbocycles. The average Bonchev–Trinajstić information content (AvgIpc) is 2.60. The van der Waals surface area contributed by atoms with Gasteiger partial charge in [0.05, 0.1) is 12.5 Å². The summed E-state index contributed by atoms with van der Waals surface area (Å²) in [6, 6.07) is 0. The van der Waals surface area contributed by atoms with Crippen LogP contribution in [-0.4, -0.2) is 30.7 Å². The molecule has 1 saturated heterocycles. The molecule has 0 aliphatic carbocycles. The normalized spacial score (nSPS) is 26.9. The molecule has 0 spiro atoms. The Balaban J connectivity index is 2.37. The molecule has 0 aromatic carbocycles. The largest absolute Gasteiger partial charge is 0.465 e. The lowest BCUT2D eigenvalue weighted by atomic mass is 9.94. The van der Waals surface area contributed by atoms with Crippen LogP contribution in [0.5, 0.6) is 0 Å². The van der Waals surface area contributed by atoms with Gasteiger partial charge >= 0.3 is 5.97 Å². The summed E-state index contributed by atoms with van der Waals surface area (Å²) >= 11 is 0. The monoisotopic (exact) mass is 214 g/mol. The van der Waals surface area contributed by atoms with E-state index in [1.54, 1.807) is 5.01 Å². The number of unbranched alkanes of at least 4 members (excludes halogenated alkanes) is 1. The smallest absolute Gasteiger partial charge is 0.310 e. The van der Waals surface area contributed by atoms with Crippen molar-refractivity contribution in [3.05, 3.63) is 0 Å². The quantitative estimate of drug-likeness (QED) is 0.424. The van der Waals surface area contributed by atoms with Crippen LogP contribution in [0.1, 0.15) is 33.1 Å². The molecule has 0 aromatic heterocycles. The Morgan fingerprint density at radius 2 is 2.20 bits per heavy atom. The molecule has 2 N–H and O–H groups in total. The maximum absolute atomic E-state index is 11.7. The third-order valence-corrected chi connectivity index (χ3v) is 3.04. The van der Waals surface area contributed by atoms with Crippen LogP contribution >= 0.6 is 0 Å². The number of ether oxygens (including phenoxy) is 1. The molecule has 4 heteroatoms. The second-order valence-corrected chi connectivity index (χ2v) is 4.25. The minimum absolute atomic E-state index is 0.0168. The van der Waals surface area contributed by atoms with Crippen LogP contribution in [0.4, 0.5) is 0 Å². The number of rotatable bonds is 5. The van der Waals surface area contributed by atoms with E-state index in [9.17, 15) is 4.79 Å². The van der Waals surface area contributed by atoms with E-state index >= 15 is 0 Å². The van der Waals surface area contributed by atoms with Crippen molar-refractivity contribution < 1.29 is 9.53 Å². The van der Waals surface area contributed by atoms with Gasteiger partial charge in [0.25, 0.3) is 0 Å². The Morgan fingerprint density at radius 1 is 1.47 bits per heavy atom. The molecule has 0 radical (unpaired) electrons. The van der Waals surface area contributed by atoms with E-state index in [0.717, 1.165) is 25.8 Å². The van der Waals surface area contributed by atoms with Gasteiger partial charge in [-0.05, 0) is 12.3 Å². The molecule has 2 atom stereocenters. The highest BCUT2D eigenvalue weighted by Gasteiger charge is 2.36. The van der Waals surface area contributed by atoms with Crippen LogP contribution in [0.25, 0.3) is 0 Å². The maximum atomic E-state index is 11.7. The summed E-state index contributed by atoms with van der Waals surface area (Å²) in [6.45, 7) is 6.18. The number of carbonyl (C=O) groups excluding carboxylic acids is 1. The molecule has 2 unspecified atom stereocenters. The molecule has 1 fully saturated rings. The fourth-order valence-corrected chi connectivity index (χ4v) is 2.01. The summed E-state index contributed by atoms with van der Waals surface area (Å²) in [5, 5.41) is 1.72. The zero-order valence-corrected chi connectivity index (χ0v) is 9.74. The minimum Gasteiger partial charge on any atom is -0.465 e. The second-order valence-electron chi connectivity index (χ2n) is 4.25. The van der Waals surface area contributed by atoms with Gasteiger partial charge in [-0.3, -0.25) is 10.6 Å². The van der Waals surface area contributed by atoms with E-state index in [1.807, 2.05) is 0 Å². The highest BCUT2D eigenvalue weighted by Crippen LogP contribution is 2.25. The topological polar surface area (TPSA) is 55.6 Å². The summed E-state index contributed by atoms with van der Waals surface area (Å²) in [5.74, 6) is 5.99.